The van der Waals surface area contributed by atoms with Crippen LogP contribution in [0.15, 0.2) is 35.3 Å². The van der Waals surface area contributed by atoms with Crippen LogP contribution in [-0.2, 0) is 0 Å². The third kappa shape index (κ3) is 2.72. The fraction of sp³-hybridized carbons (Fsp3) is 0.111. The molecule has 0 heterocycles. The number of para-hydroxylation sites is 1. The Hall–Kier alpha value is -0.510. The van der Waals surface area contributed by atoms with E-state index in [9.17, 15) is 5.11 Å². The van der Waals surface area contributed by atoms with Gasteiger partial charge in [-0.2, -0.15) is 0 Å². The van der Waals surface area contributed by atoms with Gasteiger partial charge in [-0.05, 0) is 22.0 Å². The number of halogens is 2. The zero-order chi connectivity index (χ0) is 9.14. The normalized spacial score (nSPS) is 11.5. The van der Waals surface area contributed by atoms with Crippen molar-refractivity contribution < 1.29 is 5.11 Å². The van der Waals surface area contributed by atoms with Crippen LogP contribution in [0.2, 0.25) is 0 Å². The van der Waals surface area contributed by atoms with Gasteiger partial charge in [0.25, 0.3) is 0 Å². The third-order valence-corrected chi connectivity index (χ3v) is 2.27. The van der Waals surface area contributed by atoms with E-state index in [0.717, 1.165) is 0 Å². The van der Waals surface area contributed by atoms with Gasteiger partial charge >= 0.3 is 0 Å². The molecule has 3 N–H and O–H groups in total. The summed E-state index contributed by atoms with van der Waals surface area (Å²) in [5.74, 6) is 0.185. The fourth-order valence-corrected chi connectivity index (χ4v) is 1.31. The van der Waals surface area contributed by atoms with Crippen molar-refractivity contribution in [3.05, 3.63) is 40.9 Å². The largest absolute Gasteiger partial charge is 0.506 e. The first kappa shape index (κ1) is 12.5. The number of aromatic hydroxyl groups is 1. The molecule has 1 aromatic carbocycles. The summed E-state index contributed by atoms with van der Waals surface area (Å²) in [6, 6.07) is 5.03. The minimum Gasteiger partial charge on any atom is -0.506 e. The summed E-state index contributed by atoms with van der Waals surface area (Å²) >= 11 is 3.20. The summed E-state index contributed by atoms with van der Waals surface area (Å²) in [6.45, 7) is 3.56. The lowest BCUT2D eigenvalue weighted by Gasteiger charge is -2.09. The number of phenols is 1. The zero-order valence-electron chi connectivity index (χ0n) is 6.90. The molecule has 2 nitrogen and oxygen atoms in total. The minimum atomic E-state index is -0.317. The molecule has 0 aliphatic rings. The molecule has 0 fully saturated rings. The molecule has 0 saturated carbocycles. The summed E-state index contributed by atoms with van der Waals surface area (Å²) in [6.07, 6.45) is 1.58. The van der Waals surface area contributed by atoms with Crippen molar-refractivity contribution in [2.45, 2.75) is 6.04 Å². The molecule has 1 aromatic rings. The molecule has 0 spiro atoms. The highest BCUT2D eigenvalue weighted by Crippen LogP contribution is 2.30. The zero-order valence-corrected chi connectivity index (χ0v) is 9.31. The van der Waals surface area contributed by atoms with Gasteiger partial charge in [-0.1, -0.05) is 18.2 Å². The highest BCUT2D eigenvalue weighted by Gasteiger charge is 2.08. The summed E-state index contributed by atoms with van der Waals surface area (Å²) in [5, 5.41) is 9.52. The number of phenolic OH excluding ortho intramolecular Hbond substituents is 1. The van der Waals surface area contributed by atoms with Gasteiger partial charge in [0.1, 0.15) is 5.75 Å². The van der Waals surface area contributed by atoms with Gasteiger partial charge in [0.2, 0.25) is 0 Å². The van der Waals surface area contributed by atoms with Gasteiger partial charge in [0.05, 0.1) is 10.5 Å². The second-order valence-electron chi connectivity index (χ2n) is 2.44. The van der Waals surface area contributed by atoms with Crippen molar-refractivity contribution >= 4 is 28.3 Å². The maximum atomic E-state index is 9.52. The smallest absolute Gasteiger partial charge is 0.134 e. The number of nitrogens with two attached hydrogens (primary N) is 1. The molecule has 0 aromatic heterocycles. The molecule has 0 saturated heterocycles. The fourth-order valence-electron chi connectivity index (χ4n) is 0.928. The first-order valence-electron chi connectivity index (χ1n) is 3.52. The Bertz CT molecular complexity index is 304. The van der Waals surface area contributed by atoms with E-state index in [0.29, 0.717) is 10.0 Å². The summed E-state index contributed by atoms with van der Waals surface area (Å²) < 4.78 is 0.650. The molecular formula is C9H11BrClNO. The predicted molar refractivity (Wildman–Crippen MR) is 60.2 cm³/mol. The average molecular weight is 265 g/mol. The van der Waals surface area contributed by atoms with Gasteiger partial charge in [0.15, 0.2) is 0 Å². The molecule has 1 atom stereocenters. The summed E-state index contributed by atoms with van der Waals surface area (Å²) in [4.78, 5) is 0. The molecule has 13 heavy (non-hydrogen) atoms. The molecule has 0 aliphatic carbocycles. The van der Waals surface area contributed by atoms with Crippen LogP contribution < -0.4 is 5.73 Å². The molecule has 0 bridgehead atoms. The summed E-state index contributed by atoms with van der Waals surface area (Å²) in [7, 11) is 0. The monoisotopic (exact) mass is 263 g/mol. The lowest BCUT2D eigenvalue weighted by molar-refractivity contribution is 0.462. The van der Waals surface area contributed by atoms with Crippen molar-refractivity contribution in [1.29, 1.82) is 0 Å². The van der Waals surface area contributed by atoms with Gasteiger partial charge in [0, 0.05) is 5.56 Å². The van der Waals surface area contributed by atoms with Gasteiger partial charge in [-0.3, -0.25) is 0 Å². The highest BCUT2D eigenvalue weighted by atomic mass is 79.9. The van der Waals surface area contributed by atoms with E-state index in [1.54, 1.807) is 18.2 Å². The SMILES string of the molecule is C=C[C@H](N)c1cccc(Br)c1O.Cl. The Morgan fingerprint density at radius 1 is 1.54 bits per heavy atom. The highest BCUT2D eigenvalue weighted by molar-refractivity contribution is 9.10. The van der Waals surface area contributed by atoms with Crippen LogP contribution in [0.1, 0.15) is 11.6 Å². The van der Waals surface area contributed by atoms with Crippen molar-refractivity contribution in [1.82, 2.24) is 0 Å². The Balaban J connectivity index is 0.00000144. The van der Waals surface area contributed by atoms with E-state index in [2.05, 4.69) is 22.5 Å². The van der Waals surface area contributed by atoms with E-state index >= 15 is 0 Å². The quantitative estimate of drug-likeness (QED) is 0.807. The first-order valence-corrected chi connectivity index (χ1v) is 4.31. The molecule has 0 amide bonds. The maximum Gasteiger partial charge on any atom is 0.134 e. The topological polar surface area (TPSA) is 46.2 Å². The molecule has 0 radical (unpaired) electrons. The van der Waals surface area contributed by atoms with Gasteiger partial charge in [-0.15, -0.1) is 19.0 Å². The maximum absolute atomic E-state index is 9.52. The molecule has 1 rings (SSSR count). The minimum absolute atomic E-state index is 0. The number of rotatable bonds is 2. The van der Waals surface area contributed by atoms with E-state index < -0.39 is 0 Å². The lowest BCUT2D eigenvalue weighted by Crippen LogP contribution is -2.06. The lowest BCUT2D eigenvalue weighted by atomic mass is 10.1. The Morgan fingerprint density at radius 2 is 2.15 bits per heavy atom. The average Bonchev–Trinajstić information content (AvgIpc) is 2.08. The van der Waals surface area contributed by atoms with Crippen molar-refractivity contribution in [3.8, 4) is 5.75 Å². The first-order chi connectivity index (χ1) is 5.66. The Kier molecular flexibility index (Phi) is 5.06. The van der Waals surface area contributed by atoms with E-state index in [4.69, 9.17) is 5.73 Å². The van der Waals surface area contributed by atoms with Crippen LogP contribution in [0.4, 0.5) is 0 Å². The van der Waals surface area contributed by atoms with E-state index in [1.165, 1.54) is 0 Å². The van der Waals surface area contributed by atoms with Gasteiger partial charge in [-0.25, -0.2) is 0 Å². The number of hydrogen-bond donors (Lipinski definition) is 2. The Labute approximate surface area is 92.0 Å². The molecule has 4 heteroatoms. The van der Waals surface area contributed by atoms with Crippen LogP contribution in [0.25, 0.3) is 0 Å². The Morgan fingerprint density at radius 3 is 2.69 bits per heavy atom. The van der Waals surface area contributed by atoms with Crippen molar-refractivity contribution in [3.63, 3.8) is 0 Å². The molecule has 0 aliphatic heterocycles. The van der Waals surface area contributed by atoms with Crippen LogP contribution in [0.3, 0.4) is 0 Å². The second kappa shape index (κ2) is 5.27. The summed E-state index contributed by atoms with van der Waals surface area (Å²) in [5.41, 5.74) is 6.35. The van der Waals surface area contributed by atoms with Crippen molar-refractivity contribution in [2.24, 2.45) is 5.73 Å². The number of benzene rings is 1. The van der Waals surface area contributed by atoms with Crippen molar-refractivity contribution in [2.75, 3.05) is 0 Å². The predicted octanol–water partition coefficient (Wildman–Crippen LogP) is 2.76. The number of hydrogen-bond acceptors (Lipinski definition) is 2. The third-order valence-electron chi connectivity index (χ3n) is 1.63. The van der Waals surface area contributed by atoms with Crippen LogP contribution >= 0.6 is 28.3 Å². The van der Waals surface area contributed by atoms with E-state index in [1.807, 2.05) is 6.07 Å². The van der Waals surface area contributed by atoms with Crippen LogP contribution in [0, 0.1) is 0 Å². The standard InChI is InChI=1S/C9H10BrNO.ClH/c1-2-8(11)6-4-3-5-7(10)9(6)12;/h2-5,8,12H,1,11H2;1H/t8-;/m0./s1. The van der Waals surface area contributed by atoms with E-state index in [-0.39, 0.29) is 24.2 Å². The molecular weight excluding hydrogens is 253 g/mol. The second-order valence-corrected chi connectivity index (χ2v) is 3.29. The van der Waals surface area contributed by atoms with Gasteiger partial charge < -0.3 is 10.8 Å². The molecule has 0 unspecified atom stereocenters. The van der Waals surface area contributed by atoms with Crippen LogP contribution in [-0.4, -0.2) is 5.11 Å². The molecule has 72 valence electrons. The van der Waals surface area contributed by atoms with Crippen LogP contribution in [0.5, 0.6) is 5.75 Å².